The fourth-order valence-electron chi connectivity index (χ4n) is 6.58. The predicted octanol–water partition coefficient (Wildman–Crippen LogP) is 10.9. The molecular formula is C37H42Cl4N4O4. The van der Waals surface area contributed by atoms with Gasteiger partial charge in [0.2, 0.25) is 5.91 Å². The van der Waals surface area contributed by atoms with Crippen molar-refractivity contribution in [2.75, 3.05) is 10.3 Å². The van der Waals surface area contributed by atoms with Gasteiger partial charge < -0.3 is 15.2 Å². The summed E-state index contributed by atoms with van der Waals surface area (Å²) in [5, 5.41) is 16.4. The van der Waals surface area contributed by atoms with Crippen molar-refractivity contribution in [1.29, 1.82) is 0 Å². The van der Waals surface area contributed by atoms with Gasteiger partial charge in [-0.05, 0) is 86.9 Å². The minimum atomic E-state index is -0.422. The molecule has 1 saturated heterocycles. The van der Waals surface area contributed by atoms with E-state index >= 15 is 0 Å². The molecule has 2 aliphatic heterocycles. The minimum Gasteiger partial charge on any atom is -0.508 e. The topological polar surface area (TPSA) is 103 Å². The molecule has 2 amide bonds. The number of nitrogens with zero attached hydrogens (tertiary/aromatic N) is 2. The van der Waals surface area contributed by atoms with Gasteiger partial charge in [0.25, 0.3) is 5.91 Å². The SMILES string of the molecule is CCCCCC(C)(C)c1cc2c(cc1O)C(CCC(=O)Nc1ccc(Cl)c(N=C3CC(=O)N(c4c(Cl)cc(Cl)cc4Cl)N3)c1)CC(C)(C)O2. The van der Waals surface area contributed by atoms with E-state index in [9.17, 15) is 14.7 Å². The van der Waals surface area contributed by atoms with Gasteiger partial charge in [0.1, 0.15) is 28.6 Å². The van der Waals surface area contributed by atoms with Gasteiger partial charge in [-0.25, -0.2) is 10.0 Å². The van der Waals surface area contributed by atoms with Crippen LogP contribution in [0.5, 0.6) is 11.5 Å². The Hall–Kier alpha value is -3.17. The molecule has 0 saturated carbocycles. The summed E-state index contributed by atoms with van der Waals surface area (Å²) in [5.74, 6) is 0.915. The third kappa shape index (κ3) is 8.77. The molecule has 49 heavy (non-hydrogen) atoms. The van der Waals surface area contributed by atoms with Gasteiger partial charge >= 0.3 is 0 Å². The zero-order chi connectivity index (χ0) is 35.7. The van der Waals surface area contributed by atoms with Crippen LogP contribution >= 0.6 is 46.4 Å². The number of ether oxygens (including phenoxy) is 1. The summed E-state index contributed by atoms with van der Waals surface area (Å²) in [6, 6.07) is 11.8. The lowest BCUT2D eigenvalue weighted by molar-refractivity contribution is -0.117. The van der Waals surface area contributed by atoms with Crippen molar-refractivity contribution in [3.8, 4) is 11.5 Å². The van der Waals surface area contributed by atoms with E-state index in [1.807, 2.05) is 12.1 Å². The zero-order valence-corrected chi connectivity index (χ0v) is 31.4. The molecule has 2 aliphatic rings. The summed E-state index contributed by atoms with van der Waals surface area (Å²) >= 11 is 25.1. The Balaban J connectivity index is 1.27. The number of unbranched alkanes of at least 4 members (excludes halogenated alkanes) is 2. The summed E-state index contributed by atoms with van der Waals surface area (Å²) in [5.41, 5.74) is 5.29. The minimum absolute atomic E-state index is 0.0244. The number of hydrazine groups is 1. The van der Waals surface area contributed by atoms with Crippen molar-refractivity contribution in [3.05, 3.63) is 73.7 Å². The first-order valence-corrected chi connectivity index (χ1v) is 18.1. The van der Waals surface area contributed by atoms with E-state index in [-0.39, 0.29) is 57.5 Å². The molecule has 0 bridgehead atoms. The highest BCUT2D eigenvalue weighted by Crippen LogP contribution is 2.48. The molecule has 1 unspecified atom stereocenters. The van der Waals surface area contributed by atoms with E-state index in [0.717, 1.165) is 42.6 Å². The maximum Gasteiger partial charge on any atom is 0.253 e. The van der Waals surface area contributed by atoms with Crippen molar-refractivity contribution >= 4 is 81.1 Å². The summed E-state index contributed by atoms with van der Waals surface area (Å²) in [7, 11) is 0. The number of halogens is 4. The number of hydrogen-bond acceptors (Lipinski definition) is 5. The van der Waals surface area contributed by atoms with Gasteiger partial charge in [0.15, 0.2) is 0 Å². The Kier molecular flexibility index (Phi) is 11.3. The van der Waals surface area contributed by atoms with Gasteiger partial charge in [0, 0.05) is 28.3 Å². The number of carbonyl (C=O) groups is 2. The van der Waals surface area contributed by atoms with Crippen LogP contribution in [0.1, 0.15) is 103 Å². The summed E-state index contributed by atoms with van der Waals surface area (Å²) < 4.78 is 6.42. The molecular weight excluding hydrogens is 706 g/mol. The van der Waals surface area contributed by atoms with Crippen LogP contribution in [0.25, 0.3) is 0 Å². The van der Waals surface area contributed by atoms with Crippen LogP contribution in [0.15, 0.2) is 47.5 Å². The van der Waals surface area contributed by atoms with Crippen LogP contribution in [-0.4, -0.2) is 28.4 Å². The normalized spacial score (nSPS) is 17.9. The number of amidine groups is 1. The van der Waals surface area contributed by atoms with Crippen LogP contribution < -0.4 is 20.5 Å². The zero-order valence-electron chi connectivity index (χ0n) is 28.4. The smallest absolute Gasteiger partial charge is 0.253 e. The Bertz CT molecular complexity index is 1770. The van der Waals surface area contributed by atoms with Crippen molar-refractivity contribution in [1.82, 2.24) is 5.43 Å². The molecule has 3 N–H and O–H groups in total. The number of hydrogen-bond donors (Lipinski definition) is 3. The van der Waals surface area contributed by atoms with E-state index in [0.29, 0.717) is 40.1 Å². The van der Waals surface area contributed by atoms with Crippen molar-refractivity contribution in [3.63, 3.8) is 0 Å². The highest BCUT2D eigenvalue weighted by Gasteiger charge is 2.36. The molecule has 5 rings (SSSR count). The highest BCUT2D eigenvalue weighted by molar-refractivity contribution is 6.42. The number of fused-ring (bicyclic) bond motifs is 1. The molecule has 262 valence electrons. The number of aliphatic imine (C=N–C) groups is 1. The Morgan fingerprint density at radius 3 is 2.49 bits per heavy atom. The molecule has 0 aromatic heterocycles. The van der Waals surface area contributed by atoms with E-state index in [1.54, 1.807) is 18.2 Å². The van der Waals surface area contributed by atoms with Gasteiger partial charge in [-0.3, -0.25) is 15.0 Å². The van der Waals surface area contributed by atoms with Crippen molar-refractivity contribution < 1.29 is 19.4 Å². The van der Waals surface area contributed by atoms with Gasteiger partial charge in [-0.15, -0.1) is 0 Å². The molecule has 3 aromatic rings. The number of carbonyl (C=O) groups excluding carboxylic acids is 2. The lowest BCUT2D eigenvalue weighted by atomic mass is 9.76. The standard InChI is InChI=1S/C37H42Cl4N4O4/c1-6-7-8-13-36(2,3)25-18-31-24(17-30(25)46)21(20-37(4,5)49-31)9-12-33(47)42-23-10-11-26(39)29(16-23)43-32-19-34(48)45(44-32)35-27(40)14-22(38)15-28(35)41/h10-11,14-18,21,46H,6-9,12-13,19-20H2,1-5H3,(H,42,47)(H,43,44). The van der Waals surface area contributed by atoms with Gasteiger partial charge in [0.05, 0.1) is 27.2 Å². The molecule has 2 heterocycles. The predicted molar refractivity (Wildman–Crippen MR) is 200 cm³/mol. The second kappa shape index (κ2) is 15.0. The van der Waals surface area contributed by atoms with Crippen LogP contribution in [0.4, 0.5) is 17.1 Å². The average molecular weight is 749 g/mol. The number of nitrogens with one attached hydrogen (secondary N) is 2. The van der Waals surface area contributed by atoms with Crippen molar-refractivity contribution in [2.45, 2.75) is 103 Å². The second-order valence-corrected chi connectivity index (χ2v) is 15.7. The summed E-state index contributed by atoms with van der Waals surface area (Å²) in [4.78, 5) is 30.6. The van der Waals surface area contributed by atoms with Gasteiger partial charge in [-0.2, -0.15) is 0 Å². The Labute approximate surface area is 308 Å². The molecule has 1 fully saturated rings. The lowest BCUT2D eigenvalue weighted by Crippen LogP contribution is -2.36. The van der Waals surface area contributed by atoms with Gasteiger partial charge in [-0.1, -0.05) is 86.4 Å². The van der Waals surface area contributed by atoms with Crippen LogP contribution in [-0.2, 0) is 15.0 Å². The number of benzene rings is 3. The molecule has 0 aliphatic carbocycles. The monoisotopic (exact) mass is 746 g/mol. The molecule has 3 aromatic carbocycles. The first-order chi connectivity index (χ1) is 23.1. The first-order valence-electron chi connectivity index (χ1n) is 16.5. The van der Waals surface area contributed by atoms with Crippen LogP contribution in [0.3, 0.4) is 0 Å². The Morgan fingerprint density at radius 2 is 1.80 bits per heavy atom. The molecule has 12 heteroatoms. The van der Waals surface area contributed by atoms with E-state index in [4.69, 9.17) is 51.1 Å². The quantitative estimate of drug-likeness (QED) is 0.169. The summed E-state index contributed by atoms with van der Waals surface area (Å²) in [6.07, 6.45) is 5.86. The largest absolute Gasteiger partial charge is 0.508 e. The number of phenolic OH excluding ortho intramolecular Hbond substituents is 1. The number of rotatable bonds is 11. The third-order valence-electron chi connectivity index (χ3n) is 9.05. The maximum atomic E-state index is 13.2. The van der Waals surface area contributed by atoms with E-state index < -0.39 is 5.60 Å². The lowest BCUT2D eigenvalue weighted by Gasteiger charge is -2.39. The first kappa shape index (κ1) is 37.1. The molecule has 0 radical (unpaired) electrons. The number of phenols is 1. The maximum absolute atomic E-state index is 13.2. The van der Waals surface area contributed by atoms with Crippen molar-refractivity contribution in [2.24, 2.45) is 4.99 Å². The second-order valence-electron chi connectivity index (χ2n) is 14.1. The Morgan fingerprint density at radius 1 is 1.08 bits per heavy atom. The third-order valence-corrected chi connectivity index (χ3v) is 10.2. The van der Waals surface area contributed by atoms with E-state index in [1.165, 1.54) is 17.1 Å². The number of anilines is 2. The molecule has 1 atom stereocenters. The fraction of sp³-hybridized carbons (Fsp3) is 0.432. The number of aromatic hydroxyl groups is 1. The van der Waals surface area contributed by atoms with Crippen LogP contribution in [0, 0.1) is 0 Å². The van der Waals surface area contributed by atoms with E-state index in [2.05, 4.69) is 50.4 Å². The average Bonchev–Trinajstić information content (AvgIpc) is 3.35. The van der Waals surface area contributed by atoms with Crippen LogP contribution in [0.2, 0.25) is 20.1 Å². The number of amides is 2. The molecule has 8 nitrogen and oxygen atoms in total. The fourth-order valence-corrected chi connectivity index (χ4v) is 7.73. The molecule has 0 spiro atoms. The highest BCUT2D eigenvalue weighted by atomic mass is 35.5. The summed E-state index contributed by atoms with van der Waals surface area (Å²) in [6.45, 7) is 10.6.